The molecule has 0 saturated heterocycles. The Hall–Kier alpha value is -3.35. The minimum atomic E-state index is -1.25. The lowest BCUT2D eigenvalue weighted by Gasteiger charge is -2.18. The molecule has 3 aromatic rings. The molecule has 2 heterocycles. The summed E-state index contributed by atoms with van der Waals surface area (Å²) in [6, 6.07) is 5.12. The van der Waals surface area contributed by atoms with Crippen LogP contribution < -0.4 is 15.9 Å². The zero-order valence-electron chi connectivity index (χ0n) is 14.7. The van der Waals surface area contributed by atoms with E-state index >= 15 is 0 Å². The first-order valence-electron chi connectivity index (χ1n) is 8.09. The number of methoxy groups -OCH3 is 1. The molecule has 3 rings (SSSR count). The average Bonchev–Trinajstić information content (AvgIpc) is 2.62. The van der Waals surface area contributed by atoms with Gasteiger partial charge in [-0.15, -0.1) is 0 Å². The Morgan fingerprint density at radius 3 is 2.65 bits per heavy atom. The smallest absolute Gasteiger partial charge is 0.341 e. The highest BCUT2D eigenvalue weighted by atomic mass is 16.5. The largest absolute Gasteiger partial charge is 0.496 e. The molecular weight excluding hydrogens is 334 g/mol. The van der Waals surface area contributed by atoms with Crippen molar-refractivity contribution in [3.05, 3.63) is 51.9 Å². The van der Waals surface area contributed by atoms with Crippen LogP contribution in [-0.4, -0.2) is 27.7 Å². The van der Waals surface area contributed by atoms with Gasteiger partial charge in [-0.1, -0.05) is 0 Å². The number of nitrogen functional groups attached to an aromatic ring is 1. The molecule has 0 atom stereocenters. The summed E-state index contributed by atoms with van der Waals surface area (Å²) < 4.78 is 7.26. The second-order valence-corrected chi connectivity index (χ2v) is 5.91. The first-order chi connectivity index (χ1) is 12.4. The molecule has 3 N–H and O–H groups in total. The number of nitrogens with zero attached hydrogens (tertiary/aromatic N) is 2. The van der Waals surface area contributed by atoms with Crippen LogP contribution in [0.1, 0.15) is 22.8 Å². The lowest BCUT2D eigenvalue weighted by atomic mass is 9.96. The van der Waals surface area contributed by atoms with E-state index in [1.54, 1.807) is 22.9 Å². The summed E-state index contributed by atoms with van der Waals surface area (Å²) in [4.78, 5) is 28.2. The van der Waals surface area contributed by atoms with Gasteiger partial charge in [0.05, 0.1) is 18.0 Å². The molecular formula is C19H19N3O4. The van der Waals surface area contributed by atoms with Gasteiger partial charge in [0.2, 0.25) is 5.43 Å². The number of aromatic carboxylic acids is 1. The van der Waals surface area contributed by atoms with Crippen molar-refractivity contribution in [2.75, 3.05) is 12.8 Å². The van der Waals surface area contributed by atoms with E-state index in [9.17, 15) is 14.7 Å². The number of hydrogen-bond donors (Lipinski definition) is 2. The summed E-state index contributed by atoms with van der Waals surface area (Å²) in [5.74, 6) is -0.367. The zero-order chi connectivity index (χ0) is 19.0. The fraction of sp³-hybridized carbons (Fsp3) is 0.211. The van der Waals surface area contributed by atoms with Gasteiger partial charge in [0.25, 0.3) is 0 Å². The highest BCUT2D eigenvalue weighted by Gasteiger charge is 2.20. The van der Waals surface area contributed by atoms with Gasteiger partial charge < -0.3 is 20.1 Å². The normalized spacial score (nSPS) is 10.9. The number of benzene rings is 1. The van der Waals surface area contributed by atoms with Crippen molar-refractivity contribution in [1.82, 2.24) is 9.55 Å². The minimum absolute atomic E-state index is 0.261. The van der Waals surface area contributed by atoms with E-state index in [2.05, 4.69) is 4.98 Å². The SMILES string of the molecule is CCn1cc(C(=O)O)c(=O)c2cc(OC)c(-c3ccc(N)nc3)c(C)c21. The molecule has 2 aromatic heterocycles. The maximum Gasteiger partial charge on any atom is 0.341 e. The fourth-order valence-electron chi connectivity index (χ4n) is 3.22. The van der Waals surface area contributed by atoms with Gasteiger partial charge in [0.1, 0.15) is 17.1 Å². The van der Waals surface area contributed by atoms with E-state index in [1.807, 2.05) is 19.9 Å². The van der Waals surface area contributed by atoms with Crippen LogP contribution in [0.2, 0.25) is 0 Å². The highest BCUT2D eigenvalue weighted by molar-refractivity contribution is 5.97. The number of aryl methyl sites for hydroxylation is 2. The summed E-state index contributed by atoms with van der Waals surface area (Å²) >= 11 is 0. The van der Waals surface area contributed by atoms with Gasteiger partial charge in [0.15, 0.2) is 0 Å². The summed E-state index contributed by atoms with van der Waals surface area (Å²) in [7, 11) is 1.51. The standard InChI is InChI=1S/C19H19N3O4/c1-4-22-9-13(19(24)25)18(23)12-7-14(26-3)16(10(2)17(12)22)11-5-6-15(20)21-8-11/h5-9H,4H2,1-3H3,(H2,20,21)(H,24,25). The second kappa shape index (κ2) is 6.51. The Bertz CT molecular complexity index is 1070. The third-order valence-electron chi connectivity index (χ3n) is 4.43. The van der Waals surface area contributed by atoms with Crippen LogP contribution in [0.4, 0.5) is 5.82 Å². The van der Waals surface area contributed by atoms with Gasteiger partial charge in [-0.3, -0.25) is 4.79 Å². The number of aromatic nitrogens is 2. The van der Waals surface area contributed by atoms with Crippen LogP contribution in [0.5, 0.6) is 5.75 Å². The Balaban J connectivity index is 2.47. The average molecular weight is 353 g/mol. The summed E-state index contributed by atoms with van der Waals surface area (Å²) in [6.45, 7) is 4.29. The molecule has 0 fully saturated rings. The van der Waals surface area contributed by atoms with Gasteiger partial charge in [-0.25, -0.2) is 9.78 Å². The summed E-state index contributed by atoms with van der Waals surface area (Å²) in [5, 5.41) is 9.65. The third kappa shape index (κ3) is 2.67. The number of carboxylic acid groups (broad SMARTS) is 1. The molecule has 0 amide bonds. The first-order valence-corrected chi connectivity index (χ1v) is 8.09. The summed E-state index contributed by atoms with van der Waals surface area (Å²) in [6.07, 6.45) is 3.03. The van der Waals surface area contributed by atoms with E-state index in [-0.39, 0.29) is 5.56 Å². The number of carboxylic acids is 1. The number of carbonyl (C=O) groups is 1. The third-order valence-corrected chi connectivity index (χ3v) is 4.43. The van der Waals surface area contributed by atoms with Crippen molar-refractivity contribution >= 4 is 22.7 Å². The maximum atomic E-state index is 12.7. The Labute approximate surface area is 149 Å². The van der Waals surface area contributed by atoms with Crippen LogP contribution >= 0.6 is 0 Å². The molecule has 0 spiro atoms. The zero-order valence-corrected chi connectivity index (χ0v) is 14.7. The molecule has 0 aliphatic rings. The Kier molecular flexibility index (Phi) is 4.38. The molecule has 134 valence electrons. The lowest BCUT2D eigenvalue weighted by Crippen LogP contribution is -2.19. The van der Waals surface area contributed by atoms with Crippen molar-refractivity contribution in [3.63, 3.8) is 0 Å². The molecule has 7 nitrogen and oxygen atoms in total. The number of fused-ring (bicyclic) bond motifs is 1. The van der Waals surface area contributed by atoms with Crippen molar-refractivity contribution in [3.8, 4) is 16.9 Å². The van der Waals surface area contributed by atoms with Crippen LogP contribution in [0.25, 0.3) is 22.0 Å². The Morgan fingerprint density at radius 2 is 2.12 bits per heavy atom. The quantitative estimate of drug-likeness (QED) is 0.747. The molecule has 0 radical (unpaired) electrons. The number of anilines is 1. The van der Waals surface area contributed by atoms with E-state index in [0.717, 1.165) is 16.7 Å². The number of nitrogens with two attached hydrogens (primary N) is 1. The van der Waals surface area contributed by atoms with Crippen LogP contribution in [0, 0.1) is 6.92 Å². The monoisotopic (exact) mass is 353 g/mol. The maximum absolute atomic E-state index is 12.7. The number of rotatable bonds is 4. The van der Waals surface area contributed by atoms with Gasteiger partial charge >= 0.3 is 5.97 Å². The molecule has 0 aliphatic carbocycles. The minimum Gasteiger partial charge on any atom is -0.496 e. The number of ether oxygens (including phenoxy) is 1. The topological polar surface area (TPSA) is 107 Å². The molecule has 7 heteroatoms. The van der Waals surface area contributed by atoms with Crippen molar-refractivity contribution in [1.29, 1.82) is 0 Å². The lowest BCUT2D eigenvalue weighted by molar-refractivity contribution is 0.0695. The molecule has 0 bridgehead atoms. The predicted octanol–water partition coefficient (Wildman–Crippen LogP) is 2.68. The second-order valence-electron chi connectivity index (χ2n) is 5.91. The predicted molar refractivity (Wildman–Crippen MR) is 99.8 cm³/mol. The first kappa shape index (κ1) is 17.5. The van der Waals surface area contributed by atoms with Gasteiger partial charge in [0, 0.05) is 30.1 Å². The van der Waals surface area contributed by atoms with Crippen molar-refractivity contribution < 1.29 is 14.6 Å². The van der Waals surface area contributed by atoms with E-state index in [1.165, 1.54) is 13.3 Å². The fourth-order valence-corrected chi connectivity index (χ4v) is 3.22. The Morgan fingerprint density at radius 1 is 1.38 bits per heavy atom. The van der Waals surface area contributed by atoms with Gasteiger partial charge in [-0.2, -0.15) is 0 Å². The highest BCUT2D eigenvalue weighted by Crippen LogP contribution is 2.37. The van der Waals surface area contributed by atoms with Crippen LogP contribution in [-0.2, 0) is 6.54 Å². The van der Waals surface area contributed by atoms with E-state index in [0.29, 0.717) is 29.0 Å². The molecule has 0 saturated carbocycles. The van der Waals surface area contributed by atoms with Crippen LogP contribution in [0.3, 0.4) is 0 Å². The van der Waals surface area contributed by atoms with E-state index in [4.69, 9.17) is 10.5 Å². The van der Waals surface area contributed by atoms with Crippen LogP contribution in [0.15, 0.2) is 35.4 Å². The van der Waals surface area contributed by atoms with Crippen molar-refractivity contribution in [2.24, 2.45) is 0 Å². The molecule has 26 heavy (non-hydrogen) atoms. The van der Waals surface area contributed by atoms with E-state index < -0.39 is 11.4 Å². The van der Waals surface area contributed by atoms with Gasteiger partial charge in [-0.05, 0) is 37.6 Å². The summed E-state index contributed by atoms with van der Waals surface area (Å²) in [5.41, 5.74) is 7.95. The number of pyridine rings is 2. The van der Waals surface area contributed by atoms with Crippen molar-refractivity contribution in [2.45, 2.75) is 20.4 Å². The number of hydrogen-bond acceptors (Lipinski definition) is 5. The molecule has 0 unspecified atom stereocenters. The molecule has 1 aromatic carbocycles. The molecule has 0 aliphatic heterocycles.